The topological polar surface area (TPSA) is 30.5 Å². The quantitative estimate of drug-likeness (QED) is 0.631. The third-order valence-corrected chi connectivity index (χ3v) is 4.70. The maximum atomic E-state index is 6.25. The van der Waals surface area contributed by atoms with E-state index < -0.39 is 0 Å². The third kappa shape index (κ3) is 5.65. The van der Waals surface area contributed by atoms with Gasteiger partial charge in [-0.1, -0.05) is 48.9 Å². The van der Waals surface area contributed by atoms with Gasteiger partial charge in [0.05, 0.1) is 6.61 Å². The van der Waals surface area contributed by atoms with Gasteiger partial charge in [-0.15, -0.1) is 0 Å². The van der Waals surface area contributed by atoms with Crippen LogP contribution >= 0.6 is 11.6 Å². The van der Waals surface area contributed by atoms with Crippen LogP contribution in [-0.4, -0.2) is 12.1 Å². The smallest absolute Gasteiger partial charge is 0.166 e. The summed E-state index contributed by atoms with van der Waals surface area (Å²) in [4.78, 5) is 0. The van der Waals surface area contributed by atoms with Crippen LogP contribution in [0.3, 0.4) is 0 Å². The molecule has 2 aromatic carbocycles. The van der Waals surface area contributed by atoms with Crippen molar-refractivity contribution in [3.05, 3.63) is 58.6 Å². The van der Waals surface area contributed by atoms with Crippen LogP contribution < -0.4 is 14.8 Å². The highest BCUT2D eigenvalue weighted by Crippen LogP contribution is 2.33. The summed E-state index contributed by atoms with van der Waals surface area (Å²) in [6, 6.07) is 13.8. The Morgan fingerprint density at radius 1 is 0.960 bits per heavy atom. The molecule has 0 unspecified atom stereocenters. The molecule has 0 radical (unpaired) electrons. The van der Waals surface area contributed by atoms with Crippen molar-refractivity contribution in [1.82, 2.24) is 5.32 Å². The van der Waals surface area contributed by atoms with Crippen LogP contribution in [0.4, 0.5) is 0 Å². The normalized spacial score (nSPS) is 11.4. The van der Waals surface area contributed by atoms with E-state index in [1.807, 2.05) is 43.3 Å². The molecule has 0 aromatic heterocycles. The number of hydrogen-bond donors (Lipinski definition) is 1. The predicted octanol–water partition coefficient (Wildman–Crippen LogP) is 5.60. The van der Waals surface area contributed by atoms with Gasteiger partial charge in [0, 0.05) is 28.2 Å². The summed E-state index contributed by atoms with van der Waals surface area (Å²) in [5, 5.41) is 4.29. The lowest BCUT2D eigenvalue weighted by Gasteiger charge is -2.25. The van der Waals surface area contributed by atoms with Gasteiger partial charge in [-0.05, 0) is 39.3 Å². The zero-order valence-electron chi connectivity index (χ0n) is 15.6. The van der Waals surface area contributed by atoms with E-state index in [2.05, 4.69) is 32.2 Å². The minimum atomic E-state index is 0.0711. The van der Waals surface area contributed by atoms with Crippen LogP contribution in [0.1, 0.15) is 45.2 Å². The largest absolute Gasteiger partial charge is 0.490 e. The van der Waals surface area contributed by atoms with E-state index in [1.54, 1.807) is 0 Å². The van der Waals surface area contributed by atoms with Crippen molar-refractivity contribution in [2.45, 2.75) is 52.8 Å². The molecule has 2 rings (SSSR count). The number of halogens is 1. The first kappa shape index (κ1) is 19.6. The van der Waals surface area contributed by atoms with Crippen LogP contribution in [0.2, 0.25) is 5.02 Å². The van der Waals surface area contributed by atoms with Gasteiger partial charge in [0.2, 0.25) is 0 Å². The van der Waals surface area contributed by atoms with Gasteiger partial charge in [0.25, 0.3) is 0 Å². The Balaban J connectivity index is 2.21. The lowest BCUT2D eigenvalue weighted by Crippen LogP contribution is -2.37. The van der Waals surface area contributed by atoms with Crippen molar-refractivity contribution in [1.29, 1.82) is 0 Å². The number of rotatable bonds is 9. The van der Waals surface area contributed by atoms with E-state index in [4.69, 9.17) is 21.1 Å². The highest BCUT2D eigenvalue weighted by molar-refractivity contribution is 6.31. The van der Waals surface area contributed by atoms with Crippen LogP contribution in [0.5, 0.6) is 11.5 Å². The lowest BCUT2D eigenvalue weighted by molar-refractivity contribution is 0.264. The van der Waals surface area contributed by atoms with Crippen molar-refractivity contribution >= 4 is 11.6 Å². The highest BCUT2D eigenvalue weighted by Gasteiger charge is 2.17. The Morgan fingerprint density at radius 2 is 1.68 bits per heavy atom. The maximum absolute atomic E-state index is 6.25. The van der Waals surface area contributed by atoms with Crippen molar-refractivity contribution in [2.75, 3.05) is 6.61 Å². The lowest BCUT2D eigenvalue weighted by atomic mass is 10.0. The summed E-state index contributed by atoms with van der Waals surface area (Å²) in [6.07, 6.45) is 1.05. The molecule has 3 nitrogen and oxygen atoms in total. The monoisotopic (exact) mass is 361 g/mol. The van der Waals surface area contributed by atoms with Crippen molar-refractivity contribution in [2.24, 2.45) is 0 Å². The fourth-order valence-electron chi connectivity index (χ4n) is 2.36. The molecule has 136 valence electrons. The molecule has 0 aliphatic rings. The molecule has 0 aliphatic heterocycles. The van der Waals surface area contributed by atoms with Crippen LogP contribution in [0, 0.1) is 0 Å². The molecule has 25 heavy (non-hydrogen) atoms. The van der Waals surface area contributed by atoms with Gasteiger partial charge in [0.15, 0.2) is 11.5 Å². The van der Waals surface area contributed by atoms with Gasteiger partial charge in [-0.25, -0.2) is 0 Å². The Labute approximate surface area is 156 Å². The molecule has 0 saturated carbocycles. The number of benzene rings is 2. The standard InChI is InChI=1S/C21H28ClNO2/c1-5-21(3,4)23-14-16-11-9-13-19(24-6-2)20(16)25-15-17-10-7-8-12-18(17)22/h7-13,23H,5-6,14-15H2,1-4H3. The molecule has 4 heteroatoms. The second-order valence-electron chi connectivity index (χ2n) is 6.65. The van der Waals surface area contributed by atoms with E-state index in [0.29, 0.717) is 18.2 Å². The molecule has 0 aliphatic carbocycles. The Hall–Kier alpha value is -1.71. The molecular weight excluding hydrogens is 334 g/mol. The van der Waals surface area contributed by atoms with Crippen molar-refractivity contribution in [3.8, 4) is 11.5 Å². The van der Waals surface area contributed by atoms with Crippen LogP contribution in [0.15, 0.2) is 42.5 Å². The fraction of sp³-hybridized carbons (Fsp3) is 0.429. The summed E-state index contributed by atoms with van der Waals surface area (Å²) < 4.78 is 11.9. The number of para-hydroxylation sites is 1. The van der Waals surface area contributed by atoms with E-state index in [1.165, 1.54) is 0 Å². The van der Waals surface area contributed by atoms with E-state index in [0.717, 1.165) is 35.6 Å². The van der Waals surface area contributed by atoms with E-state index in [9.17, 15) is 0 Å². The predicted molar refractivity (Wildman–Crippen MR) is 105 cm³/mol. The molecule has 2 aromatic rings. The van der Waals surface area contributed by atoms with Gasteiger partial charge in [-0.2, -0.15) is 0 Å². The number of ether oxygens (including phenoxy) is 2. The Bertz CT molecular complexity index is 685. The minimum Gasteiger partial charge on any atom is -0.490 e. The molecule has 0 spiro atoms. The number of nitrogens with one attached hydrogen (secondary N) is 1. The molecular formula is C21H28ClNO2. The molecule has 0 amide bonds. The van der Waals surface area contributed by atoms with Gasteiger partial charge < -0.3 is 14.8 Å². The highest BCUT2D eigenvalue weighted by atomic mass is 35.5. The Morgan fingerprint density at radius 3 is 2.36 bits per heavy atom. The van der Waals surface area contributed by atoms with Gasteiger partial charge in [0.1, 0.15) is 6.61 Å². The first-order chi connectivity index (χ1) is 12.0. The SMILES string of the molecule is CCOc1cccc(CNC(C)(C)CC)c1OCc1ccccc1Cl. The second-order valence-corrected chi connectivity index (χ2v) is 7.06. The summed E-state index contributed by atoms with van der Waals surface area (Å²) in [7, 11) is 0. The van der Waals surface area contributed by atoms with Crippen molar-refractivity contribution in [3.63, 3.8) is 0 Å². The summed E-state index contributed by atoms with van der Waals surface area (Å²) in [5.41, 5.74) is 2.12. The van der Waals surface area contributed by atoms with Crippen molar-refractivity contribution < 1.29 is 9.47 Å². The molecule has 0 atom stereocenters. The first-order valence-electron chi connectivity index (χ1n) is 8.82. The summed E-state index contributed by atoms with van der Waals surface area (Å²) in [6.45, 7) is 10.3. The fourth-order valence-corrected chi connectivity index (χ4v) is 2.55. The molecule has 0 saturated heterocycles. The maximum Gasteiger partial charge on any atom is 0.166 e. The zero-order valence-corrected chi connectivity index (χ0v) is 16.3. The van der Waals surface area contributed by atoms with Crippen LogP contribution in [0.25, 0.3) is 0 Å². The average molecular weight is 362 g/mol. The second kappa shape index (κ2) is 9.12. The molecule has 0 heterocycles. The Kier molecular flexibility index (Phi) is 7.15. The first-order valence-corrected chi connectivity index (χ1v) is 9.20. The van der Waals surface area contributed by atoms with Gasteiger partial charge in [-0.3, -0.25) is 0 Å². The number of hydrogen-bond acceptors (Lipinski definition) is 3. The van der Waals surface area contributed by atoms with Crippen LogP contribution in [-0.2, 0) is 13.2 Å². The van der Waals surface area contributed by atoms with E-state index in [-0.39, 0.29) is 5.54 Å². The molecule has 0 bridgehead atoms. The molecule has 0 fully saturated rings. The zero-order chi connectivity index (χ0) is 18.3. The summed E-state index contributed by atoms with van der Waals surface area (Å²) in [5.74, 6) is 1.55. The summed E-state index contributed by atoms with van der Waals surface area (Å²) >= 11 is 6.25. The molecule has 1 N–H and O–H groups in total. The van der Waals surface area contributed by atoms with Gasteiger partial charge >= 0.3 is 0 Å². The average Bonchev–Trinajstić information content (AvgIpc) is 2.60. The van der Waals surface area contributed by atoms with E-state index >= 15 is 0 Å². The minimum absolute atomic E-state index is 0.0711. The third-order valence-electron chi connectivity index (χ3n) is 4.33.